The molecule has 1 aromatic carbocycles. The van der Waals surface area contributed by atoms with Gasteiger partial charge < -0.3 is 10.2 Å². The van der Waals surface area contributed by atoms with Gasteiger partial charge in [-0.15, -0.1) is 0 Å². The van der Waals surface area contributed by atoms with Crippen LogP contribution in [-0.4, -0.2) is 36.3 Å². The molecule has 5 heteroatoms. The first-order valence-electron chi connectivity index (χ1n) is 6.37. The van der Waals surface area contributed by atoms with E-state index in [0.29, 0.717) is 5.56 Å². The van der Waals surface area contributed by atoms with Crippen molar-refractivity contribution in [1.82, 2.24) is 10.2 Å². The summed E-state index contributed by atoms with van der Waals surface area (Å²) >= 11 is 0. The fraction of sp³-hybridized carbons (Fsp3) is 0.333. The Morgan fingerprint density at radius 1 is 1.35 bits per heavy atom. The van der Waals surface area contributed by atoms with Crippen molar-refractivity contribution in [3.63, 3.8) is 0 Å². The highest BCUT2D eigenvalue weighted by Gasteiger charge is 2.11. The number of carbonyl (C=O) groups excluding carboxylic acids is 2. The first-order valence-corrected chi connectivity index (χ1v) is 6.37. The smallest absolute Gasteiger partial charge is 0.246 e. The van der Waals surface area contributed by atoms with Crippen LogP contribution in [0.3, 0.4) is 0 Å². The highest BCUT2D eigenvalue weighted by atomic mass is 19.1. The van der Waals surface area contributed by atoms with Gasteiger partial charge >= 0.3 is 0 Å². The van der Waals surface area contributed by atoms with E-state index in [9.17, 15) is 14.0 Å². The number of halogens is 1. The van der Waals surface area contributed by atoms with E-state index >= 15 is 0 Å². The van der Waals surface area contributed by atoms with Gasteiger partial charge in [0.05, 0.1) is 6.54 Å². The van der Waals surface area contributed by atoms with Crippen LogP contribution in [-0.2, 0) is 9.59 Å². The molecule has 1 rings (SSSR count). The average molecular weight is 278 g/mol. The van der Waals surface area contributed by atoms with Crippen molar-refractivity contribution in [2.75, 3.05) is 13.6 Å². The van der Waals surface area contributed by atoms with Gasteiger partial charge in [-0.1, -0.05) is 18.2 Å². The maximum Gasteiger partial charge on any atom is 0.246 e. The van der Waals surface area contributed by atoms with Gasteiger partial charge in [0.15, 0.2) is 0 Å². The summed E-state index contributed by atoms with van der Waals surface area (Å²) in [6.45, 7) is 3.66. The third kappa shape index (κ3) is 5.22. The third-order valence-corrected chi connectivity index (χ3v) is 2.52. The lowest BCUT2D eigenvalue weighted by atomic mass is 10.2. The molecule has 0 fully saturated rings. The Bertz CT molecular complexity index is 512. The van der Waals surface area contributed by atoms with E-state index < -0.39 is 5.82 Å². The molecular formula is C15H19FN2O2. The summed E-state index contributed by atoms with van der Waals surface area (Å²) in [6.07, 6.45) is 2.65. The maximum absolute atomic E-state index is 13.4. The number of hydrogen-bond acceptors (Lipinski definition) is 2. The van der Waals surface area contributed by atoms with Crippen LogP contribution in [0, 0.1) is 5.82 Å². The molecule has 1 aromatic rings. The van der Waals surface area contributed by atoms with Gasteiger partial charge in [0.25, 0.3) is 0 Å². The van der Waals surface area contributed by atoms with E-state index in [0.717, 1.165) is 0 Å². The molecule has 0 heterocycles. The first-order chi connectivity index (χ1) is 9.40. The summed E-state index contributed by atoms with van der Waals surface area (Å²) in [5.41, 5.74) is 0.334. The second kappa shape index (κ2) is 7.43. The van der Waals surface area contributed by atoms with Gasteiger partial charge in [0.2, 0.25) is 11.8 Å². The van der Waals surface area contributed by atoms with E-state index in [1.165, 1.54) is 30.2 Å². The lowest BCUT2D eigenvalue weighted by Gasteiger charge is -2.16. The lowest BCUT2D eigenvalue weighted by Crippen LogP contribution is -2.40. The van der Waals surface area contributed by atoms with Crippen molar-refractivity contribution in [2.45, 2.75) is 19.9 Å². The quantitative estimate of drug-likeness (QED) is 0.835. The number of nitrogens with zero attached hydrogens (tertiary/aromatic N) is 1. The maximum atomic E-state index is 13.4. The zero-order valence-corrected chi connectivity index (χ0v) is 11.9. The summed E-state index contributed by atoms with van der Waals surface area (Å²) in [5, 5.41) is 2.69. The standard InChI is InChI=1S/C15H19FN2O2/c1-11(2)17-14(19)10-18(3)15(20)9-8-12-6-4-5-7-13(12)16/h4-9,11H,10H2,1-3H3,(H,17,19)/b9-8+. The number of carbonyl (C=O) groups is 2. The summed E-state index contributed by atoms with van der Waals surface area (Å²) < 4.78 is 13.4. The van der Waals surface area contributed by atoms with Crippen LogP contribution in [0.25, 0.3) is 6.08 Å². The predicted octanol–water partition coefficient (Wildman–Crippen LogP) is 1.82. The molecule has 0 saturated heterocycles. The van der Waals surface area contributed by atoms with E-state index in [2.05, 4.69) is 5.32 Å². The van der Waals surface area contributed by atoms with Crippen LogP contribution in [0.4, 0.5) is 4.39 Å². The molecule has 4 nitrogen and oxygen atoms in total. The van der Waals surface area contributed by atoms with Crippen molar-refractivity contribution < 1.29 is 14.0 Å². The van der Waals surface area contributed by atoms with Gasteiger partial charge in [0, 0.05) is 24.7 Å². The average Bonchev–Trinajstić information content (AvgIpc) is 2.36. The molecular weight excluding hydrogens is 259 g/mol. The van der Waals surface area contributed by atoms with Crippen molar-refractivity contribution >= 4 is 17.9 Å². The molecule has 0 atom stereocenters. The largest absolute Gasteiger partial charge is 0.352 e. The van der Waals surface area contributed by atoms with Crippen molar-refractivity contribution in [3.05, 3.63) is 41.7 Å². The number of rotatable bonds is 5. The Morgan fingerprint density at radius 2 is 2.00 bits per heavy atom. The van der Waals surface area contributed by atoms with Gasteiger partial charge in [-0.3, -0.25) is 9.59 Å². The molecule has 0 spiro atoms. The van der Waals surface area contributed by atoms with Gasteiger partial charge in [-0.2, -0.15) is 0 Å². The van der Waals surface area contributed by atoms with E-state index in [1.807, 2.05) is 13.8 Å². The monoisotopic (exact) mass is 278 g/mol. The molecule has 20 heavy (non-hydrogen) atoms. The normalized spacial score (nSPS) is 10.8. The first kappa shape index (κ1) is 15.9. The van der Waals surface area contributed by atoms with Crippen LogP contribution < -0.4 is 5.32 Å². The molecule has 1 N–H and O–H groups in total. The SMILES string of the molecule is CC(C)NC(=O)CN(C)C(=O)/C=C/c1ccccc1F. The summed E-state index contributed by atoms with van der Waals surface area (Å²) in [6, 6.07) is 6.19. The van der Waals surface area contributed by atoms with Crippen molar-refractivity contribution in [2.24, 2.45) is 0 Å². The van der Waals surface area contributed by atoms with Gasteiger partial charge in [-0.25, -0.2) is 4.39 Å². The van der Waals surface area contributed by atoms with E-state index in [1.54, 1.807) is 18.2 Å². The van der Waals surface area contributed by atoms with Gasteiger partial charge in [0.1, 0.15) is 5.82 Å². The van der Waals surface area contributed by atoms with Crippen molar-refractivity contribution in [1.29, 1.82) is 0 Å². The second-order valence-electron chi connectivity index (χ2n) is 4.77. The van der Waals surface area contributed by atoms with Crippen LogP contribution in [0.1, 0.15) is 19.4 Å². The summed E-state index contributed by atoms with van der Waals surface area (Å²) in [5.74, 6) is -0.973. The molecule has 0 saturated carbocycles. The number of amides is 2. The highest BCUT2D eigenvalue weighted by Crippen LogP contribution is 2.08. The Hall–Kier alpha value is -2.17. The number of benzene rings is 1. The lowest BCUT2D eigenvalue weighted by molar-refractivity contribution is -0.131. The molecule has 0 aromatic heterocycles. The van der Waals surface area contributed by atoms with Crippen LogP contribution >= 0.6 is 0 Å². The summed E-state index contributed by atoms with van der Waals surface area (Å²) in [7, 11) is 1.52. The fourth-order valence-corrected chi connectivity index (χ4v) is 1.56. The minimum atomic E-state index is -0.392. The van der Waals surface area contributed by atoms with Crippen LogP contribution in [0.5, 0.6) is 0 Å². The Morgan fingerprint density at radius 3 is 2.60 bits per heavy atom. The number of nitrogens with one attached hydrogen (secondary N) is 1. The molecule has 0 radical (unpaired) electrons. The Balaban J connectivity index is 2.58. The predicted molar refractivity (Wildman–Crippen MR) is 76.3 cm³/mol. The minimum Gasteiger partial charge on any atom is -0.352 e. The van der Waals surface area contributed by atoms with Crippen LogP contribution in [0.15, 0.2) is 30.3 Å². The highest BCUT2D eigenvalue weighted by molar-refractivity contribution is 5.94. The van der Waals surface area contributed by atoms with E-state index in [4.69, 9.17) is 0 Å². The molecule has 0 aliphatic carbocycles. The number of likely N-dealkylation sites (N-methyl/N-ethyl adjacent to an activating group) is 1. The molecule has 2 amide bonds. The minimum absolute atomic E-state index is 0.0277. The molecule has 0 bridgehead atoms. The van der Waals surface area contributed by atoms with Crippen LogP contribution in [0.2, 0.25) is 0 Å². The second-order valence-corrected chi connectivity index (χ2v) is 4.77. The molecule has 0 aliphatic rings. The zero-order valence-electron chi connectivity index (χ0n) is 11.9. The topological polar surface area (TPSA) is 49.4 Å². The summed E-state index contributed by atoms with van der Waals surface area (Å²) in [4.78, 5) is 24.6. The molecule has 108 valence electrons. The van der Waals surface area contributed by atoms with Crippen molar-refractivity contribution in [3.8, 4) is 0 Å². The molecule has 0 unspecified atom stereocenters. The Kier molecular flexibility index (Phi) is 5.90. The third-order valence-electron chi connectivity index (χ3n) is 2.52. The Labute approximate surface area is 118 Å². The number of hydrogen-bond donors (Lipinski definition) is 1. The van der Waals surface area contributed by atoms with Gasteiger partial charge in [-0.05, 0) is 26.0 Å². The molecule has 0 aliphatic heterocycles. The van der Waals surface area contributed by atoms with E-state index in [-0.39, 0.29) is 24.4 Å². The fourth-order valence-electron chi connectivity index (χ4n) is 1.56. The zero-order chi connectivity index (χ0) is 15.1.